The highest BCUT2D eigenvalue weighted by molar-refractivity contribution is 5.41. The third kappa shape index (κ3) is 3.32. The fourth-order valence-corrected chi connectivity index (χ4v) is 2.04. The molecule has 0 atom stereocenters. The summed E-state index contributed by atoms with van der Waals surface area (Å²) < 4.78 is 0. The summed E-state index contributed by atoms with van der Waals surface area (Å²) in [4.78, 5) is 11.0. The Labute approximate surface area is 103 Å². The fraction of sp³-hybridized carbons (Fsp3) is 0.692. The molecule has 1 aromatic heterocycles. The lowest BCUT2D eigenvalue weighted by Crippen LogP contribution is -2.30. The first-order valence-corrected chi connectivity index (χ1v) is 6.57. The van der Waals surface area contributed by atoms with Crippen LogP contribution in [0.2, 0.25) is 0 Å². The van der Waals surface area contributed by atoms with Gasteiger partial charge >= 0.3 is 0 Å². The van der Waals surface area contributed by atoms with Crippen molar-refractivity contribution in [3.63, 3.8) is 0 Å². The van der Waals surface area contributed by atoms with Gasteiger partial charge in [-0.3, -0.25) is 0 Å². The van der Waals surface area contributed by atoms with Gasteiger partial charge < -0.3 is 10.2 Å². The number of hydrogen-bond donors (Lipinski definition) is 1. The molecular formula is C13H22N4. The minimum atomic E-state index is 0.741. The van der Waals surface area contributed by atoms with Gasteiger partial charge in [0.15, 0.2) is 0 Å². The summed E-state index contributed by atoms with van der Waals surface area (Å²) in [6.07, 6.45) is 7.06. The van der Waals surface area contributed by atoms with Gasteiger partial charge in [-0.1, -0.05) is 13.3 Å². The van der Waals surface area contributed by atoms with Crippen LogP contribution in [0, 0.1) is 5.92 Å². The second-order valence-corrected chi connectivity index (χ2v) is 4.84. The van der Waals surface area contributed by atoms with E-state index in [1.165, 1.54) is 19.3 Å². The van der Waals surface area contributed by atoms with E-state index < -0.39 is 0 Å². The van der Waals surface area contributed by atoms with Crippen molar-refractivity contribution >= 4 is 11.8 Å². The largest absolute Gasteiger partial charge is 0.359 e. The molecule has 0 spiro atoms. The van der Waals surface area contributed by atoms with Crippen LogP contribution in [0.1, 0.15) is 32.6 Å². The van der Waals surface area contributed by atoms with Crippen LogP contribution < -0.4 is 10.2 Å². The van der Waals surface area contributed by atoms with Gasteiger partial charge in [0.25, 0.3) is 0 Å². The molecule has 0 unspecified atom stereocenters. The molecule has 0 saturated heterocycles. The van der Waals surface area contributed by atoms with Gasteiger partial charge in [0.2, 0.25) is 5.95 Å². The third-order valence-corrected chi connectivity index (χ3v) is 3.32. The molecule has 1 aliphatic carbocycles. The number of nitrogens with one attached hydrogen (secondary N) is 1. The van der Waals surface area contributed by atoms with Crippen LogP contribution in [0.5, 0.6) is 0 Å². The Kier molecular flexibility index (Phi) is 4.18. The molecule has 4 nitrogen and oxygen atoms in total. The number of rotatable bonds is 6. The average Bonchev–Trinajstić information content (AvgIpc) is 2.31. The van der Waals surface area contributed by atoms with Crippen molar-refractivity contribution in [2.45, 2.75) is 32.6 Å². The quantitative estimate of drug-likeness (QED) is 0.821. The van der Waals surface area contributed by atoms with Crippen molar-refractivity contribution in [1.29, 1.82) is 0 Å². The van der Waals surface area contributed by atoms with E-state index in [4.69, 9.17) is 0 Å². The smallest absolute Gasteiger partial charge is 0.224 e. The van der Waals surface area contributed by atoms with Crippen molar-refractivity contribution in [3.05, 3.63) is 12.3 Å². The van der Waals surface area contributed by atoms with Gasteiger partial charge in [-0.15, -0.1) is 0 Å². The van der Waals surface area contributed by atoms with E-state index in [1.54, 1.807) is 0 Å². The summed E-state index contributed by atoms with van der Waals surface area (Å²) in [6.45, 7) is 4.18. The average molecular weight is 234 g/mol. The van der Waals surface area contributed by atoms with Crippen LogP contribution in [0.15, 0.2) is 12.3 Å². The predicted molar refractivity (Wildman–Crippen MR) is 71.4 cm³/mol. The van der Waals surface area contributed by atoms with Crippen molar-refractivity contribution in [3.8, 4) is 0 Å². The van der Waals surface area contributed by atoms with E-state index in [2.05, 4.69) is 34.2 Å². The standard InChI is InChI=1S/C13H22N4/c1-3-8-14-13-15-9-7-12(16-13)17(2)10-11-5-4-6-11/h7,9,11H,3-6,8,10H2,1-2H3,(H,14,15,16). The van der Waals surface area contributed by atoms with E-state index >= 15 is 0 Å². The van der Waals surface area contributed by atoms with Crippen molar-refractivity contribution < 1.29 is 0 Å². The van der Waals surface area contributed by atoms with E-state index in [9.17, 15) is 0 Å². The summed E-state index contributed by atoms with van der Waals surface area (Å²) >= 11 is 0. The first-order valence-electron chi connectivity index (χ1n) is 6.57. The highest BCUT2D eigenvalue weighted by atomic mass is 15.2. The van der Waals surface area contributed by atoms with Crippen LogP contribution in [0.4, 0.5) is 11.8 Å². The molecular weight excluding hydrogens is 212 g/mol. The molecule has 1 aliphatic rings. The topological polar surface area (TPSA) is 41.1 Å². The number of hydrogen-bond acceptors (Lipinski definition) is 4. The zero-order valence-electron chi connectivity index (χ0n) is 10.8. The highest BCUT2D eigenvalue weighted by Crippen LogP contribution is 2.27. The first-order chi connectivity index (χ1) is 8.29. The second kappa shape index (κ2) is 5.84. The number of anilines is 2. The maximum absolute atomic E-state index is 4.53. The van der Waals surface area contributed by atoms with Gasteiger partial charge in [0.1, 0.15) is 5.82 Å². The number of aromatic nitrogens is 2. The molecule has 17 heavy (non-hydrogen) atoms. The van der Waals surface area contributed by atoms with Crippen LogP contribution in [-0.2, 0) is 0 Å². The highest BCUT2D eigenvalue weighted by Gasteiger charge is 2.19. The second-order valence-electron chi connectivity index (χ2n) is 4.84. The summed E-state index contributed by atoms with van der Waals surface area (Å²) in [6, 6.07) is 1.98. The summed E-state index contributed by atoms with van der Waals surface area (Å²) in [5, 5.41) is 3.22. The molecule has 4 heteroatoms. The molecule has 1 N–H and O–H groups in total. The molecule has 94 valence electrons. The van der Waals surface area contributed by atoms with E-state index in [0.717, 1.165) is 37.2 Å². The van der Waals surface area contributed by atoms with E-state index in [1.807, 2.05) is 12.3 Å². The molecule has 0 amide bonds. The van der Waals surface area contributed by atoms with Crippen LogP contribution in [0.25, 0.3) is 0 Å². The first kappa shape index (κ1) is 12.1. The zero-order valence-corrected chi connectivity index (χ0v) is 10.8. The molecule has 1 heterocycles. The Balaban J connectivity index is 1.93. The summed E-state index contributed by atoms with van der Waals surface area (Å²) in [7, 11) is 2.12. The molecule has 0 bridgehead atoms. The lowest BCUT2D eigenvalue weighted by atomic mass is 9.85. The Morgan fingerprint density at radius 2 is 2.29 bits per heavy atom. The Hall–Kier alpha value is -1.32. The fourth-order valence-electron chi connectivity index (χ4n) is 2.04. The van der Waals surface area contributed by atoms with Gasteiger partial charge in [-0.05, 0) is 31.2 Å². The minimum absolute atomic E-state index is 0.741. The third-order valence-electron chi connectivity index (χ3n) is 3.32. The summed E-state index contributed by atoms with van der Waals surface area (Å²) in [5.74, 6) is 2.62. The van der Waals surface area contributed by atoms with Gasteiger partial charge in [0.05, 0.1) is 0 Å². The van der Waals surface area contributed by atoms with Crippen LogP contribution in [-0.4, -0.2) is 30.1 Å². The van der Waals surface area contributed by atoms with E-state index in [-0.39, 0.29) is 0 Å². The Morgan fingerprint density at radius 3 is 2.94 bits per heavy atom. The molecule has 0 aromatic carbocycles. The molecule has 1 saturated carbocycles. The van der Waals surface area contributed by atoms with Gasteiger partial charge in [-0.2, -0.15) is 4.98 Å². The molecule has 2 rings (SSSR count). The van der Waals surface area contributed by atoms with Gasteiger partial charge in [-0.25, -0.2) is 4.98 Å². The number of nitrogens with zero attached hydrogens (tertiary/aromatic N) is 3. The summed E-state index contributed by atoms with van der Waals surface area (Å²) in [5.41, 5.74) is 0. The maximum Gasteiger partial charge on any atom is 0.224 e. The Bertz CT molecular complexity index is 349. The zero-order chi connectivity index (χ0) is 12.1. The molecule has 1 aromatic rings. The monoisotopic (exact) mass is 234 g/mol. The van der Waals surface area contributed by atoms with Crippen LogP contribution >= 0.6 is 0 Å². The van der Waals surface area contributed by atoms with Crippen molar-refractivity contribution in [2.75, 3.05) is 30.4 Å². The molecule has 0 radical (unpaired) electrons. The SMILES string of the molecule is CCCNc1nccc(N(C)CC2CCC2)n1. The van der Waals surface area contributed by atoms with E-state index in [0.29, 0.717) is 0 Å². The van der Waals surface area contributed by atoms with Gasteiger partial charge in [0, 0.05) is 26.3 Å². The Morgan fingerprint density at radius 1 is 1.47 bits per heavy atom. The predicted octanol–water partition coefficient (Wildman–Crippen LogP) is 2.53. The van der Waals surface area contributed by atoms with Crippen molar-refractivity contribution in [2.24, 2.45) is 5.92 Å². The lowest BCUT2D eigenvalue weighted by molar-refractivity contribution is 0.321. The maximum atomic E-state index is 4.53. The van der Waals surface area contributed by atoms with Crippen LogP contribution in [0.3, 0.4) is 0 Å². The minimum Gasteiger partial charge on any atom is -0.359 e. The normalized spacial score (nSPS) is 15.4. The van der Waals surface area contributed by atoms with Crippen molar-refractivity contribution in [1.82, 2.24) is 9.97 Å². The lowest BCUT2D eigenvalue weighted by Gasteiger charge is -2.30. The molecule has 1 fully saturated rings. The molecule has 0 aliphatic heterocycles.